The molecule has 2 rings (SSSR count). The molecule has 1 aromatic carbocycles. The van der Waals surface area contributed by atoms with E-state index in [-0.39, 0.29) is 5.91 Å². The standard InChI is InChI=1S/C13H11ClINOS/c14-9-3-4-11(12(15)8-9)13(17)16-6-5-10-2-1-7-18-10/h1-4,7-8H,5-6H2,(H,16,17). The van der Waals surface area contributed by atoms with Crippen molar-refractivity contribution in [2.24, 2.45) is 0 Å². The van der Waals surface area contributed by atoms with Crippen LogP contribution in [-0.2, 0) is 6.42 Å². The van der Waals surface area contributed by atoms with Gasteiger partial charge >= 0.3 is 0 Å². The second-order valence-corrected chi connectivity index (χ2v) is 6.34. The fourth-order valence-corrected chi connectivity index (χ4v) is 3.35. The zero-order chi connectivity index (χ0) is 13.0. The predicted molar refractivity (Wildman–Crippen MR) is 84.5 cm³/mol. The van der Waals surface area contributed by atoms with Crippen molar-refractivity contribution in [1.29, 1.82) is 0 Å². The minimum Gasteiger partial charge on any atom is -0.352 e. The first kappa shape index (κ1) is 13.8. The van der Waals surface area contributed by atoms with Gasteiger partial charge in [-0.15, -0.1) is 11.3 Å². The van der Waals surface area contributed by atoms with Crippen molar-refractivity contribution in [2.45, 2.75) is 6.42 Å². The highest BCUT2D eigenvalue weighted by atomic mass is 127. The maximum absolute atomic E-state index is 11.9. The number of hydrogen-bond acceptors (Lipinski definition) is 2. The summed E-state index contributed by atoms with van der Waals surface area (Å²) in [6.07, 6.45) is 0.869. The first-order valence-corrected chi connectivity index (χ1v) is 7.76. The Morgan fingerprint density at radius 1 is 1.39 bits per heavy atom. The van der Waals surface area contributed by atoms with E-state index >= 15 is 0 Å². The maximum Gasteiger partial charge on any atom is 0.252 e. The van der Waals surface area contributed by atoms with Gasteiger partial charge in [0.25, 0.3) is 5.91 Å². The van der Waals surface area contributed by atoms with Crippen molar-refractivity contribution in [1.82, 2.24) is 5.32 Å². The molecule has 1 heterocycles. The van der Waals surface area contributed by atoms with E-state index in [4.69, 9.17) is 11.6 Å². The normalized spacial score (nSPS) is 10.3. The van der Waals surface area contributed by atoms with E-state index < -0.39 is 0 Å². The summed E-state index contributed by atoms with van der Waals surface area (Å²) in [4.78, 5) is 13.2. The molecule has 2 nitrogen and oxygen atoms in total. The third kappa shape index (κ3) is 3.70. The molecular formula is C13H11ClINOS. The molecule has 1 N–H and O–H groups in total. The average molecular weight is 392 g/mol. The number of hydrogen-bond donors (Lipinski definition) is 1. The Morgan fingerprint density at radius 3 is 2.89 bits per heavy atom. The van der Waals surface area contributed by atoms with Crippen LogP contribution >= 0.6 is 45.5 Å². The molecule has 0 bridgehead atoms. The van der Waals surface area contributed by atoms with E-state index in [0.717, 1.165) is 9.99 Å². The van der Waals surface area contributed by atoms with Crippen molar-refractivity contribution < 1.29 is 4.79 Å². The van der Waals surface area contributed by atoms with Crippen molar-refractivity contribution in [3.05, 3.63) is 54.7 Å². The molecule has 0 fully saturated rings. The lowest BCUT2D eigenvalue weighted by atomic mass is 10.2. The maximum atomic E-state index is 11.9. The lowest BCUT2D eigenvalue weighted by molar-refractivity contribution is 0.0953. The topological polar surface area (TPSA) is 29.1 Å². The third-order valence-electron chi connectivity index (χ3n) is 2.41. The summed E-state index contributed by atoms with van der Waals surface area (Å²) in [5.41, 5.74) is 0.672. The lowest BCUT2D eigenvalue weighted by Crippen LogP contribution is -2.26. The number of thiophene rings is 1. The highest BCUT2D eigenvalue weighted by Gasteiger charge is 2.09. The van der Waals surface area contributed by atoms with E-state index in [1.807, 2.05) is 11.4 Å². The van der Waals surface area contributed by atoms with Gasteiger partial charge in [-0.1, -0.05) is 17.7 Å². The molecule has 2 aromatic rings. The van der Waals surface area contributed by atoms with Gasteiger partial charge in [0, 0.05) is 20.0 Å². The summed E-state index contributed by atoms with van der Waals surface area (Å²) in [6, 6.07) is 9.37. The largest absolute Gasteiger partial charge is 0.352 e. The summed E-state index contributed by atoms with van der Waals surface area (Å²) < 4.78 is 0.869. The van der Waals surface area contributed by atoms with Crippen molar-refractivity contribution >= 4 is 51.4 Å². The Morgan fingerprint density at radius 2 is 2.22 bits per heavy atom. The highest BCUT2D eigenvalue weighted by molar-refractivity contribution is 14.1. The molecule has 0 aliphatic carbocycles. The molecule has 0 spiro atoms. The Labute approximate surface area is 129 Å². The molecule has 0 unspecified atom stereocenters. The van der Waals surface area contributed by atoms with Gasteiger partial charge in [-0.3, -0.25) is 4.79 Å². The molecule has 0 atom stereocenters. The van der Waals surface area contributed by atoms with E-state index in [2.05, 4.69) is 34.0 Å². The third-order valence-corrected chi connectivity index (χ3v) is 4.48. The number of halogens is 2. The minimum absolute atomic E-state index is 0.0485. The summed E-state index contributed by atoms with van der Waals surface area (Å²) in [6.45, 7) is 0.651. The number of benzene rings is 1. The molecule has 0 aliphatic rings. The van der Waals surface area contributed by atoms with E-state index in [9.17, 15) is 4.79 Å². The molecule has 94 valence electrons. The second-order valence-electron chi connectivity index (χ2n) is 3.71. The van der Waals surface area contributed by atoms with Gasteiger partial charge in [0.15, 0.2) is 0 Å². The zero-order valence-corrected chi connectivity index (χ0v) is 13.2. The van der Waals surface area contributed by atoms with Gasteiger partial charge in [-0.2, -0.15) is 0 Å². The van der Waals surface area contributed by atoms with Crippen LogP contribution in [0, 0.1) is 3.57 Å². The van der Waals surface area contributed by atoms with Gasteiger partial charge in [-0.05, 0) is 58.7 Å². The number of nitrogens with one attached hydrogen (secondary N) is 1. The number of carbonyl (C=O) groups excluding carboxylic acids is 1. The molecule has 0 aliphatic heterocycles. The summed E-state index contributed by atoms with van der Waals surface area (Å²) in [5.74, 6) is -0.0485. The van der Waals surface area contributed by atoms with Crippen LogP contribution in [0.25, 0.3) is 0 Å². The van der Waals surface area contributed by atoms with Crippen molar-refractivity contribution in [3.63, 3.8) is 0 Å². The molecule has 1 amide bonds. The van der Waals surface area contributed by atoms with E-state index in [1.165, 1.54) is 4.88 Å². The number of amides is 1. The Bertz CT molecular complexity index is 542. The first-order valence-electron chi connectivity index (χ1n) is 5.42. The molecule has 18 heavy (non-hydrogen) atoms. The van der Waals surface area contributed by atoms with Gasteiger partial charge < -0.3 is 5.32 Å². The van der Waals surface area contributed by atoms with Gasteiger partial charge in [0.05, 0.1) is 5.56 Å². The van der Waals surface area contributed by atoms with Crippen LogP contribution in [0.4, 0.5) is 0 Å². The zero-order valence-electron chi connectivity index (χ0n) is 9.45. The Kier molecular flexibility index (Phi) is 5.03. The van der Waals surface area contributed by atoms with Crippen molar-refractivity contribution in [2.75, 3.05) is 6.54 Å². The van der Waals surface area contributed by atoms with Crippen LogP contribution in [-0.4, -0.2) is 12.5 Å². The van der Waals surface area contributed by atoms with Crippen LogP contribution in [0.1, 0.15) is 15.2 Å². The minimum atomic E-state index is -0.0485. The van der Waals surface area contributed by atoms with Crippen molar-refractivity contribution in [3.8, 4) is 0 Å². The molecule has 0 saturated heterocycles. The number of rotatable bonds is 4. The van der Waals surface area contributed by atoms with Gasteiger partial charge in [-0.25, -0.2) is 0 Å². The van der Waals surface area contributed by atoms with Gasteiger partial charge in [0.1, 0.15) is 0 Å². The van der Waals surface area contributed by atoms with E-state index in [0.29, 0.717) is 17.1 Å². The predicted octanol–water partition coefficient (Wildman–Crippen LogP) is 3.98. The molecule has 5 heteroatoms. The smallest absolute Gasteiger partial charge is 0.252 e. The van der Waals surface area contributed by atoms with Crippen LogP contribution < -0.4 is 5.32 Å². The fraction of sp³-hybridized carbons (Fsp3) is 0.154. The Balaban J connectivity index is 1.91. The summed E-state index contributed by atoms with van der Waals surface area (Å²) >= 11 is 9.68. The quantitative estimate of drug-likeness (QED) is 0.785. The lowest BCUT2D eigenvalue weighted by Gasteiger charge is -2.06. The SMILES string of the molecule is O=C(NCCc1cccs1)c1ccc(Cl)cc1I. The number of carbonyl (C=O) groups is 1. The summed E-state index contributed by atoms with van der Waals surface area (Å²) in [7, 11) is 0. The monoisotopic (exact) mass is 391 g/mol. The molecular weight excluding hydrogens is 381 g/mol. The average Bonchev–Trinajstić information content (AvgIpc) is 2.81. The van der Waals surface area contributed by atoms with Crippen LogP contribution in [0.5, 0.6) is 0 Å². The second kappa shape index (κ2) is 6.54. The molecule has 0 radical (unpaired) electrons. The van der Waals surface area contributed by atoms with Crippen LogP contribution in [0.2, 0.25) is 5.02 Å². The molecule has 0 saturated carbocycles. The fourth-order valence-electron chi connectivity index (χ4n) is 1.52. The van der Waals surface area contributed by atoms with E-state index in [1.54, 1.807) is 29.5 Å². The Hall–Kier alpha value is -0.590. The first-order chi connectivity index (χ1) is 8.66. The van der Waals surface area contributed by atoms with Gasteiger partial charge in [0.2, 0.25) is 0 Å². The van der Waals surface area contributed by atoms with Crippen LogP contribution in [0.15, 0.2) is 35.7 Å². The molecule has 1 aromatic heterocycles. The summed E-state index contributed by atoms with van der Waals surface area (Å²) in [5, 5.41) is 5.61. The van der Waals surface area contributed by atoms with Crippen LogP contribution in [0.3, 0.4) is 0 Å². The highest BCUT2D eigenvalue weighted by Crippen LogP contribution is 2.18.